The third-order valence-corrected chi connectivity index (χ3v) is 5.93. The SMILES string of the molecule is CC(C)c1ccc(C2/C(=C(/O)c3ccccc3)C(=O)C(=O)N2CC2CCCO2)cc1. The average molecular weight is 405 g/mol. The number of ketones is 1. The number of amides is 1. The molecule has 1 N–H and O–H groups in total. The second-order valence-corrected chi connectivity index (χ2v) is 8.27. The zero-order valence-electron chi connectivity index (χ0n) is 17.4. The van der Waals surface area contributed by atoms with E-state index < -0.39 is 17.7 Å². The van der Waals surface area contributed by atoms with Crippen LogP contribution in [-0.2, 0) is 14.3 Å². The van der Waals surface area contributed by atoms with Crippen LogP contribution in [-0.4, -0.2) is 41.0 Å². The van der Waals surface area contributed by atoms with Gasteiger partial charge >= 0.3 is 0 Å². The second kappa shape index (κ2) is 8.44. The summed E-state index contributed by atoms with van der Waals surface area (Å²) >= 11 is 0. The predicted octanol–water partition coefficient (Wildman–Crippen LogP) is 4.41. The van der Waals surface area contributed by atoms with Crippen LogP contribution in [0.15, 0.2) is 60.2 Å². The molecule has 0 spiro atoms. The number of likely N-dealkylation sites (tertiary alicyclic amines) is 1. The molecule has 30 heavy (non-hydrogen) atoms. The maximum atomic E-state index is 13.0. The van der Waals surface area contributed by atoms with Gasteiger partial charge in [0.05, 0.1) is 17.7 Å². The second-order valence-electron chi connectivity index (χ2n) is 8.27. The first kappa shape index (κ1) is 20.4. The Labute approximate surface area is 177 Å². The van der Waals surface area contributed by atoms with Gasteiger partial charge in [0.2, 0.25) is 0 Å². The van der Waals surface area contributed by atoms with E-state index in [0.717, 1.165) is 18.4 Å². The topological polar surface area (TPSA) is 66.8 Å². The number of rotatable bonds is 5. The van der Waals surface area contributed by atoms with E-state index in [0.29, 0.717) is 24.6 Å². The van der Waals surface area contributed by atoms with E-state index >= 15 is 0 Å². The van der Waals surface area contributed by atoms with Gasteiger partial charge in [-0.25, -0.2) is 0 Å². The molecule has 4 rings (SSSR count). The Morgan fingerprint density at radius 2 is 1.80 bits per heavy atom. The molecule has 5 nitrogen and oxygen atoms in total. The molecule has 2 saturated heterocycles. The number of aliphatic hydroxyl groups is 1. The molecule has 5 heteroatoms. The number of hydrogen-bond donors (Lipinski definition) is 1. The molecule has 0 aromatic heterocycles. The highest BCUT2D eigenvalue weighted by Crippen LogP contribution is 2.40. The first-order valence-corrected chi connectivity index (χ1v) is 10.5. The summed E-state index contributed by atoms with van der Waals surface area (Å²) < 4.78 is 5.73. The van der Waals surface area contributed by atoms with Gasteiger partial charge in [0.25, 0.3) is 11.7 Å². The number of aliphatic hydroxyl groups excluding tert-OH is 1. The minimum atomic E-state index is -0.646. The molecule has 2 unspecified atom stereocenters. The zero-order valence-corrected chi connectivity index (χ0v) is 17.4. The van der Waals surface area contributed by atoms with E-state index in [1.54, 1.807) is 29.2 Å². The minimum Gasteiger partial charge on any atom is -0.507 e. The van der Waals surface area contributed by atoms with Crippen LogP contribution in [0.3, 0.4) is 0 Å². The summed E-state index contributed by atoms with van der Waals surface area (Å²) in [6.07, 6.45) is 1.73. The van der Waals surface area contributed by atoms with Crippen LogP contribution < -0.4 is 0 Å². The summed E-state index contributed by atoms with van der Waals surface area (Å²) in [7, 11) is 0. The molecular formula is C25H27NO4. The normalized spacial score (nSPS) is 23.5. The van der Waals surface area contributed by atoms with Crippen molar-refractivity contribution in [3.63, 3.8) is 0 Å². The molecule has 2 aromatic rings. The monoisotopic (exact) mass is 405 g/mol. The van der Waals surface area contributed by atoms with Crippen molar-refractivity contribution in [3.05, 3.63) is 76.9 Å². The summed E-state index contributed by atoms with van der Waals surface area (Å²) in [5.41, 5.74) is 2.66. The Balaban J connectivity index is 1.80. The van der Waals surface area contributed by atoms with Gasteiger partial charge in [-0.05, 0) is 29.9 Å². The lowest BCUT2D eigenvalue weighted by Gasteiger charge is -2.27. The number of carbonyl (C=O) groups excluding carboxylic acids is 2. The summed E-state index contributed by atoms with van der Waals surface area (Å²) in [5.74, 6) is -0.989. The van der Waals surface area contributed by atoms with Gasteiger partial charge in [0.15, 0.2) is 0 Å². The molecule has 2 aliphatic heterocycles. The molecule has 2 heterocycles. The fraction of sp³-hybridized carbons (Fsp3) is 0.360. The molecule has 0 saturated carbocycles. The standard InChI is InChI=1S/C25H27NO4/c1-16(2)17-10-12-18(13-11-17)22-21(23(27)19-7-4-3-5-8-19)24(28)25(29)26(22)15-20-9-6-14-30-20/h3-5,7-8,10-13,16,20,22,27H,6,9,14-15H2,1-2H3/b23-21-. The highest BCUT2D eigenvalue weighted by molar-refractivity contribution is 6.46. The number of nitrogens with zero attached hydrogens (tertiary/aromatic N) is 1. The maximum absolute atomic E-state index is 13.0. The molecule has 0 radical (unpaired) electrons. The smallest absolute Gasteiger partial charge is 0.295 e. The van der Waals surface area contributed by atoms with Gasteiger partial charge in [-0.1, -0.05) is 68.4 Å². The fourth-order valence-corrected chi connectivity index (χ4v) is 4.24. The zero-order chi connectivity index (χ0) is 21.3. The highest BCUT2D eigenvalue weighted by atomic mass is 16.5. The molecular weight excluding hydrogens is 378 g/mol. The van der Waals surface area contributed by atoms with E-state index in [1.807, 2.05) is 30.3 Å². The van der Waals surface area contributed by atoms with Crippen LogP contribution in [0, 0.1) is 0 Å². The Hall–Kier alpha value is -2.92. The Kier molecular flexibility index (Phi) is 5.73. The number of Topliss-reactive ketones (excluding diaryl/α,β-unsaturated/α-hetero) is 1. The third kappa shape index (κ3) is 3.77. The van der Waals surface area contributed by atoms with Crippen LogP contribution in [0.25, 0.3) is 5.76 Å². The van der Waals surface area contributed by atoms with Crippen LogP contribution in [0.2, 0.25) is 0 Å². The van der Waals surface area contributed by atoms with E-state index in [9.17, 15) is 14.7 Å². The number of benzene rings is 2. The lowest BCUT2D eigenvalue weighted by atomic mass is 9.93. The maximum Gasteiger partial charge on any atom is 0.295 e. The van der Waals surface area contributed by atoms with Gasteiger partial charge in [0.1, 0.15) is 5.76 Å². The van der Waals surface area contributed by atoms with Gasteiger partial charge in [0, 0.05) is 18.7 Å². The molecule has 2 aliphatic rings. The van der Waals surface area contributed by atoms with Gasteiger partial charge in [-0.15, -0.1) is 0 Å². The van der Waals surface area contributed by atoms with E-state index in [-0.39, 0.29) is 17.4 Å². The molecule has 0 bridgehead atoms. The average Bonchev–Trinajstić information content (AvgIpc) is 3.36. The van der Waals surface area contributed by atoms with Crippen molar-refractivity contribution in [2.45, 2.75) is 44.8 Å². The Bertz CT molecular complexity index is 956. The lowest BCUT2D eigenvalue weighted by molar-refractivity contribution is -0.140. The van der Waals surface area contributed by atoms with Crippen molar-refractivity contribution in [2.75, 3.05) is 13.2 Å². The van der Waals surface area contributed by atoms with Crippen molar-refractivity contribution in [3.8, 4) is 0 Å². The molecule has 2 aromatic carbocycles. The van der Waals surface area contributed by atoms with Crippen molar-refractivity contribution in [2.24, 2.45) is 0 Å². The van der Waals surface area contributed by atoms with Crippen LogP contribution in [0.1, 0.15) is 55.3 Å². The van der Waals surface area contributed by atoms with Gasteiger partial charge in [-0.3, -0.25) is 9.59 Å². The first-order valence-electron chi connectivity index (χ1n) is 10.5. The third-order valence-electron chi connectivity index (χ3n) is 5.93. The van der Waals surface area contributed by atoms with Gasteiger partial charge < -0.3 is 14.7 Å². The predicted molar refractivity (Wildman–Crippen MR) is 115 cm³/mol. The van der Waals surface area contributed by atoms with E-state index in [2.05, 4.69) is 13.8 Å². The Morgan fingerprint density at radius 1 is 1.10 bits per heavy atom. The molecule has 156 valence electrons. The highest BCUT2D eigenvalue weighted by Gasteiger charge is 2.47. The van der Waals surface area contributed by atoms with Crippen LogP contribution in [0.5, 0.6) is 0 Å². The number of ether oxygens (including phenoxy) is 1. The van der Waals surface area contributed by atoms with Crippen molar-refractivity contribution >= 4 is 17.4 Å². The lowest BCUT2D eigenvalue weighted by Crippen LogP contribution is -2.36. The number of carbonyl (C=O) groups is 2. The summed E-state index contributed by atoms with van der Waals surface area (Å²) in [5, 5.41) is 11.0. The largest absolute Gasteiger partial charge is 0.507 e. The van der Waals surface area contributed by atoms with Crippen molar-refractivity contribution in [1.82, 2.24) is 4.90 Å². The molecule has 2 fully saturated rings. The van der Waals surface area contributed by atoms with E-state index in [4.69, 9.17) is 4.74 Å². The first-order chi connectivity index (χ1) is 14.5. The quantitative estimate of drug-likeness (QED) is 0.455. The van der Waals surface area contributed by atoms with Gasteiger partial charge in [-0.2, -0.15) is 0 Å². The summed E-state index contributed by atoms with van der Waals surface area (Å²) in [6.45, 7) is 5.25. The summed E-state index contributed by atoms with van der Waals surface area (Å²) in [4.78, 5) is 27.6. The fourth-order valence-electron chi connectivity index (χ4n) is 4.24. The number of hydrogen-bond acceptors (Lipinski definition) is 4. The molecule has 0 aliphatic carbocycles. The van der Waals surface area contributed by atoms with Crippen molar-refractivity contribution < 1.29 is 19.4 Å². The van der Waals surface area contributed by atoms with E-state index in [1.165, 1.54) is 5.56 Å². The minimum absolute atomic E-state index is 0.0857. The summed E-state index contributed by atoms with van der Waals surface area (Å²) in [6, 6.07) is 16.2. The molecule has 2 atom stereocenters. The van der Waals surface area contributed by atoms with Crippen molar-refractivity contribution in [1.29, 1.82) is 0 Å². The Morgan fingerprint density at radius 3 is 2.40 bits per heavy atom. The van der Waals surface area contributed by atoms with Crippen LogP contribution >= 0.6 is 0 Å². The van der Waals surface area contributed by atoms with Crippen LogP contribution in [0.4, 0.5) is 0 Å². The molecule has 1 amide bonds.